The smallest absolute Gasteiger partial charge is 0.312 e. The Bertz CT molecular complexity index is 568. The molecular formula is C17H31N3O4S. The van der Waals surface area contributed by atoms with Crippen LogP contribution in [0.25, 0.3) is 0 Å². The number of hydrogen-bond acceptors (Lipinski definition) is 5. The van der Waals surface area contributed by atoms with Gasteiger partial charge in [-0.1, -0.05) is 25.7 Å². The molecule has 144 valence electrons. The van der Waals surface area contributed by atoms with Crippen molar-refractivity contribution in [3.05, 3.63) is 0 Å². The summed E-state index contributed by atoms with van der Waals surface area (Å²) in [6, 6.07) is -0.334. The van der Waals surface area contributed by atoms with E-state index >= 15 is 0 Å². The van der Waals surface area contributed by atoms with Crippen LogP contribution in [0.2, 0.25) is 0 Å². The molecule has 0 bridgehead atoms. The zero-order chi connectivity index (χ0) is 18.4. The van der Waals surface area contributed by atoms with Crippen molar-refractivity contribution in [2.75, 3.05) is 38.7 Å². The lowest BCUT2D eigenvalue weighted by Crippen LogP contribution is -2.52. The van der Waals surface area contributed by atoms with Crippen molar-refractivity contribution in [3.8, 4) is 0 Å². The largest absolute Gasteiger partial charge is 0.345 e. The molecule has 1 aliphatic carbocycles. The van der Waals surface area contributed by atoms with Gasteiger partial charge < -0.3 is 15.1 Å². The summed E-state index contributed by atoms with van der Waals surface area (Å²) in [7, 11) is 0.668. The fraction of sp³-hybridized carbons (Fsp3) is 0.882. The lowest BCUT2D eigenvalue weighted by atomic mass is 10.1. The fourth-order valence-electron chi connectivity index (χ4n) is 3.58. The fourth-order valence-corrected chi connectivity index (χ4v) is 5.31. The summed E-state index contributed by atoms with van der Waals surface area (Å²) in [4.78, 5) is 28.6. The third-order valence-corrected chi connectivity index (χ3v) is 6.83. The van der Waals surface area contributed by atoms with Crippen molar-refractivity contribution in [2.24, 2.45) is 0 Å². The van der Waals surface area contributed by atoms with Crippen molar-refractivity contribution in [1.29, 1.82) is 0 Å². The van der Waals surface area contributed by atoms with E-state index in [0.717, 1.165) is 25.7 Å². The summed E-state index contributed by atoms with van der Waals surface area (Å²) in [6.45, 7) is 0.961. The van der Waals surface area contributed by atoms with E-state index in [2.05, 4.69) is 5.32 Å². The highest BCUT2D eigenvalue weighted by Gasteiger charge is 2.37. The molecule has 1 atom stereocenters. The van der Waals surface area contributed by atoms with Crippen LogP contribution in [0.5, 0.6) is 0 Å². The number of carbonyl (C=O) groups is 2. The highest BCUT2D eigenvalue weighted by Crippen LogP contribution is 2.19. The van der Waals surface area contributed by atoms with Crippen LogP contribution in [0.1, 0.15) is 44.9 Å². The quantitative estimate of drug-likeness (QED) is 0.557. The Hall–Kier alpha value is -1.15. The van der Waals surface area contributed by atoms with Gasteiger partial charge in [0, 0.05) is 25.2 Å². The Morgan fingerprint density at radius 1 is 1.00 bits per heavy atom. The Morgan fingerprint density at radius 2 is 1.64 bits per heavy atom. The lowest BCUT2D eigenvalue weighted by molar-refractivity contribution is -0.147. The van der Waals surface area contributed by atoms with Crippen LogP contribution in [-0.2, 0) is 19.4 Å². The molecule has 0 radical (unpaired) electrons. The third kappa shape index (κ3) is 6.26. The van der Waals surface area contributed by atoms with E-state index < -0.39 is 27.7 Å². The summed E-state index contributed by atoms with van der Waals surface area (Å²) in [5, 5.41) is 2.88. The molecule has 0 aromatic carbocycles. The number of likely N-dealkylation sites (N-methyl/N-ethyl adjacent to an activating group) is 1. The predicted molar refractivity (Wildman–Crippen MR) is 97.0 cm³/mol. The van der Waals surface area contributed by atoms with Crippen LogP contribution in [0.3, 0.4) is 0 Å². The highest BCUT2D eigenvalue weighted by molar-refractivity contribution is 7.91. The minimum absolute atomic E-state index is 0.0388. The molecule has 0 spiro atoms. The molecular weight excluding hydrogens is 342 g/mol. The molecule has 1 unspecified atom stereocenters. The van der Waals surface area contributed by atoms with E-state index in [1.54, 1.807) is 0 Å². The van der Waals surface area contributed by atoms with E-state index in [-0.39, 0.29) is 17.5 Å². The molecule has 1 aliphatic heterocycles. The Morgan fingerprint density at radius 3 is 2.16 bits per heavy atom. The number of amides is 2. The van der Waals surface area contributed by atoms with Crippen LogP contribution < -0.4 is 5.32 Å². The molecule has 7 nitrogen and oxygen atoms in total. The molecule has 0 aromatic heterocycles. The first-order valence-corrected chi connectivity index (χ1v) is 11.1. The molecule has 1 N–H and O–H groups in total. The molecule has 8 heteroatoms. The minimum atomic E-state index is -3.11. The second-order valence-electron chi connectivity index (χ2n) is 7.52. The standard InChI is InChI=1S/C17H31N3O4S/c1-19(2)10-11-20(15-9-12-25(23,24)13-15)17(22)16(21)18-14-7-5-3-4-6-8-14/h14-15H,3-13H2,1-2H3,(H,18,21). The average Bonchev–Trinajstić information content (AvgIpc) is 2.74. The first-order valence-electron chi connectivity index (χ1n) is 9.25. The zero-order valence-electron chi connectivity index (χ0n) is 15.4. The average molecular weight is 374 g/mol. The van der Waals surface area contributed by atoms with Crippen LogP contribution in [0.15, 0.2) is 0 Å². The molecule has 1 saturated carbocycles. The van der Waals surface area contributed by atoms with E-state index in [4.69, 9.17) is 0 Å². The molecule has 25 heavy (non-hydrogen) atoms. The van der Waals surface area contributed by atoms with Gasteiger partial charge in [0.25, 0.3) is 0 Å². The van der Waals surface area contributed by atoms with Gasteiger partial charge in [0.15, 0.2) is 9.84 Å². The number of hydrogen-bond donors (Lipinski definition) is 1. The molecule has 1 saturated heterocycles. The van der Waals surface area contributed by atoms with Crippen molar-refractivity contribution in [3.63, 3.8) is 0 Å². The number of carbonyl (C=O) groups excluding carboxylic acids is 2. The van der Waals surface area contributed by atoms with Gasteiger partial charge in [-0.05, 0) is 33.4 Å². The summed E-state index contributed by atoms with van der Waals surface area (Å²) in [5.41, 5.74) is 0. The summed E-state index contributed by atoms with van der Waals surface area (Å²) in [6.07, 6.45) is 6.74. The first-order chi connectivity index (χ1) is 11.8. The number of nitrogens with one attached hydrogen (secondary N) is 1. The van der Waals surface area contributed by atoms with Gasteiger partial charge in [0.1, 0.15) is 0 Å². The Balaban J connectivity index is 2.01. The van der Waals surface area contributed by atoms with Gasteiger partial charge in [-0.25, -0.2) is 8.42 Å². The zero-order valence-corrected chi connectivity index (χ0v) is 16.2. The van der Waals surface area contributed by atoms with Crippen LogP contribution in [0.4, 0.5) is 0 Å². The second-order valence-corrected chi connectivity index (χ2v) is 9.75. The maximum absolute atomic E-state index is 12.7. The van der Waals surface area contributed by atoms with Crippen molar-refractivity contribution >= 4 is 21.7 Å². The first kappa shape index (κ1) is 20.2. The normalized spacial score (nSPS) is 24.0. The van der Waals surface area contributed by atoms with E-state index in [1.165, 1.54) is 17.7 Å². The molecule has 0 aromatic rings. The summed E-state index contributed by atoms with van der Waals surface area (Å²) in [5.74, 6) is -1.13. The van der Waals surface area contributed by atoms with Crippen molar-refractivity contribution in [2.45, 2.75) is 57.0 Å². The second kappa shape index (κ2) is 8.98. The topological polar surface area (TPSA) is 86.8 Å². The number of rotatable bonds is 5. The maximum atomic E-state index is 12.7. The maximum Gasteiger partial charge on any atom is 0.312 e. The molecule has 1 heterocycles. The van der Waals surface area contributed by atoms with Gasteiger partial charge in [0.05, 0.1) is 11.5 Å². The van der Waals surface area contributed by atoms with Gasteiger partial charge >= 0.3 is 11.8 Å². The third-order valence-electron chi connectivity index (χ3n) is 5.08. The number of nitrogens with zero attached hydrogens (tertiary/aromatic N) is 2. The predicted octanol–water partition coefficient (Wildman–Crippen LogP) is 0.403. The molecule has 2 amide bonds. The van der Waals surface area contributed by atoms with E-state index in [1.807, 2.05) is 19.0 Å². The number of sulfone groups is 1. The highest BCUT2D eigenvalue weighted by atomic mass is 32.2. The lowest BCUT2D eigenvalue weighted by Gasteiger charge is -2.29. The van der Waals surface area contributed by atoms with Crippen LogP contribution in [-0.4, -0.2) is 80.8 Å². The monoisotopic (exact) mass is 373 g/mol. The van der Waals surface area contributed by atoms with Gasteiger partial charge in [-0.3, -0.25) is 9.59 Å². The molecule has 2 rings (SSSR count). The van der Waals surface area contributed by atoms with Crippen molar-refractivity contribution in [1.82, 2.24) is 15.1 Å². The Kier molecular flexibility index (Phi) is 7.25. The molecule has 2 fully saturated rings. The SMILES string of the molecule is CN(C)CCN(C(=O)C(=O)NC1CCCCCC1)C1CCS(=O)(=O)C1. The van der Waals surface area contributed by atoms with E-state index in [9.17, 15) is 18.0 Å². The summed E-state index contributed by atoms with van der Waals surface area (Å²) >= 11 is 0. The van der Waals surface area contributed by atoms with Crippen molar-refractivity contribution < 1.29 is 18.0 Å². The summed E-state index contributed by atoms with van der Waals surface area (Å²) < 4.78 is 23.6. The van der Waals surface area contributed by atoms with E-state index in [0.29, 0.717) is 19.5 Å². The van der Waals surface area contributed by atoms with Gasteiger partial charge in [-0.15, -0.1) is 0 Å². The minimum Gasteiger partial charge on any atom is -0.345 e. The van der Waals surface area contributed by atoms with Gasteiger partial charge in [-0.2, -0.15) is 0 Å². The Labute approximate surface area is 151 Å². The van der Waals surface area contributed by atoms with Gasteiger partial charge in [0.2, 0.25) is 0 Å². The van der Waals surface area contributed by atoms with Crippen LogP contribution in [0, 0.1) is 0 Å². The molecule has 2 aliphatic rings. The van der Waals surface area contributed by atoms with Crippen LogP contribution >= 0.6 is 0 Å².